The van der Waals surface area contributed by atoms with Gasteiger partial charge in [0.2, 0.25) is 11.7 Å². The standard InChI is InChI=1S/C15H21N3O2S/c1-11-10-18(8-6-12(11)19)7-2-5-14-16-15(17-20-14)13-4-3-9-21-13/h3-4,9,11-12,19H,2,5-8,10H2,1H3. The first kappa shape index (κ1) is 14.7. The molecule has 2 aromatic rings. The summed E-state index contributed by atoms with van der Waals surface area (Å²) in [5.41, 5.74) is 0. The summed E-state index contributed by atoms with van der Waals surface area (Å²) in [4.78, 5) is 7.89. The van der Waals surface area contributed by atoms with E-state index in [1.807, 2.05) is 17.5 Å². The fourth-order valence-electron chi connectivity index (χ4n) is 2.74. The molecule has 0 spiro atoms. The summed E-state index contributed by atoms with van der Waals surface area (Å²) in [7, 11) is 0. The Kier molecular flexibility index (Phi) is 4.67. The molecular formula is C15H21N3O2S. The zero-order valence-electron chi connectivity index (χ0n) is 12.2. The Hall–Kier alpha value is -1.24. The van der Waals surface area contributed by atoms with Crippen LogP contribution in [-0.4, -0.2) is 45.9 Å². The van der Waals surface area contributed by atoms with Crippen molar-refractivity contribution in [1.82, 2.24) is 15.0 Å². The molecule has 0 saturated carbocycles. The van der Waals surface area contributed by atoms with Gasteiger partial charge in [0.15, 0.2) is 0 Å². The van der Waals surface area contributed by atoms with Gasteiger partial charge < -0.3 is 14.5 Å². The van der Waals surface area contributed by atoms with Crippen molar-refractivity contribution in [3.8, 4) is 10.7 Å². The number of nitrogens with zero attached hydrogens (tertiary/aromatic N) is 3. The molecule has 0 aliphatic carbocycles. The summed E-state index contributed by atoms with van der Waals surface area (Å²) in [5.74, 6) is 1.77. The van der Waals surface area contributed by atoms with Crippen LogP contribution in [0.2, 0.25) is 0 Å². The van der Waals surface area contributed by atoms with Crippen LogP contribution in [0.1, 0.15) is 25.7 Å². The van der Waals surface area contributed by atoms with E-state index in [1.165, 1.54) is 0 Å². The SMILES string of the molecule is CC1CN(CCCc2nc(-c3cccs3)no2)CCC1O. The average Bonchev–Trinajstić information content (AvgIpc) is 3.13. The molecule has 0 radical (unpaired) electrons. The largest absolute Gasteiger partial charge is 0.393 e. The molecule has 3 heterocycles. The van der Waals surface area contributed by atoms with Gasteiger partial charge in [0.25, 0.3) is 0 Å². The van der Waals surface area contributed by atoms with E-state index in [0.29, 0.717) is 17.6 Å². The first-order chi connectivity index (χ1) is 10.2. The topological polar surface area (TPSA) is 62.4 Å². The van der Waals surface area contributed by atoms with Crippen LogP contribution in [0.25, 0.3) is 10.7 Å². The summed E-state index contributed by atoms with van der Waals surface area (Å²) < 4.78 is 5.30. The van der Waals surface area contributed by atoms with E-state index in [0.717, 1.165) is 43.8 Å². The molecule has 1 fully saturated rings. The molecule has 0 bridgehead atoms. The van der Waals surface area contributed by atoms with Crippen LogP contribution in [0.4, 0.5) is 0 Å². The number of likely N-dealkylation sites (tertiary alicyclic amines) is 1. The van der Waals surface area contributed by atoms with E-state index in [-0.39, 0.29) is 6.10 Å². The highest BCUT2D eigenvalue weighted by Crippen LogP contribution is 2.22. The minimum absolute atomic E-state index is 0.134. The van der Waals surface area contributed by atoms with Crippen molar-refractivity contribution >= 4 is 11.3 Å². The maximum atomic E-state index is 9.73. The number of aliphatic hydroxyl groups excluding tert-OH is 1. The summed E-state index contributed by atoms with van der Waals surface area (Å²) in [6.07, 6.45) is 2.57. The molecule has 21 heavy (non-hydrogen) atoms. The first-order valence-electron chi connectivity index (χ1n) is 7.49. The van der Waals surface area contributed by atoms with E-state index >= 15 is 0 Å². The lowest BCUT2D eigenvalue weighted by molar-refractivity contribution is 0.0346. The molecule has 2 unspecified atom stereocenters. The Morgan fingerprint density at radius 1 is 1.52 bits per heavy atom. The Labute approximate surface area is 128 Å². The summed E-state index contributed by atoms with van der Waals surface area (Å²) in [5, 5.41) is 15.8. The summed E-state index contributed by atoms with van der Waals surface area (Å²) >= 11 is 1.62. The zero-order chi connectivity index (χ0) is 14.7. The molecule has 1 aliphatic heterocycles. The molecule has 2 aromatic heterocycles. The zero-order valence-corrected chi connectivity index (χ0v) is 13.1. The average molecular weight is 307 g/mol. The predicted octanol–water partition coefficient (Wildman–Crippen LogP) is 2.43. The van der Waals surface area contributed by atoms with Gasteiger partial charge in [-0.3, -0.25) is 0 Å². The molecular weight excluding hydrogens is 286 g/mol. The maximum Gasteiger partial charge on any atom is 0.227 e. The first-order valence-corrected chi connectivity index (χ1v) is 8.37. The predicted molar refractivity (Wildman–Crippen MR) is 82.2 cm³/mol. The van der Waals surface area contributed by atoms with E-state index < -0.39 is 0 Å². The van der Waals surface area contributed by atoms with Gasteiger partial charge in [0.1, 0.15) is 0 Å². The molecule has 114 valence electrons. The third-order valence-electron chi connectivity index (χ3n) is 4.02. The fourth-order valence-corrected chi connectivity index (χ4v) is 3.39. The van der Waals surface area contributed by atoms with Crippen LogP contribution >= 0.6 is 11.3 Å². The highest BCUT2D eigenvalue weighted by Gasteiger charge is 2.23. The fraction of sp³-hybridized carbons (Fsp3) is 0.600. The Morgan fingerprint density at radius 3 is 3.19 bits per heavy atom. The molecule has 5 nitrogen and oxygen atoms in total. The van der Waals surface area contributed by atoms with E-state index in [4.69, 9.17) is 4.52 Å². The number of hydrogen-bond donors (Lipinski definition) is 1. The molecule has 3 rings (SSSR count). The van der Waals surface area contributed by atoms with E-state index in [2.05, 4.69) is 22.0 Å². The van der Waals surface area contributed by atoms with Gasteiger partial charge in [-0.25, -0.2) is 0 Å². The molecule has 2 atom stereocenters. The van der Waals surface area contributed by atoms with Crippen LogP contribution in [0.3, 0.4) is 0 Å². The van der Waals surface area contributed by atoms with Crippen molar-refractivity contribution in [2.24, 2.45) is 5.92 Å². The number of aryl methyl sites for hydroxylation is 1. The normalized spacial score (nSPS) is 23.5. The smallest absolute Gasteiger partial charge is 0.227 e. The van der Waals surface area contributed by atoms with Crippen LogP contribution in [-0.2, 0) is 6.42 Å². The number of hydrogen-bond acceptors (Lipinski definition) is 6. The minimum atomic E-state index is -0.134. The summed E-state index contributed by atoms with van der Waals surface area (Å²) in [6, 6.07) is 3.99. The second-order valence-corrected chi connectivity index (χ2v) is 6.67. The lowest BCUT2D eigenvalue weighted by Crippen LogP contribution is -2.42. The number of aliphatic hydroxyl groups is 1. The van der Waals surface area contributed by atoms with Crippen molar-refractivity contribution in [2.45, 2.75) is 32.3 Å². The van der Waals surface area contributed by atoms with Crippen molar-refractivity contribution < 1.29 is 9.63 Å². The molecule has 6 heteroatoms. The van der Waals surface area contributed by atoms with Crippen molar-refractivity contribution in [3.05, 3.63) is 23.4 Å². The summed E-state index contributed by atoms with van der Waals surface area (Å²) in [6.45, 7) is 5.09. The second-order valence-electron chi connectivity index (χ2n) is 5.73. The highest BCUT2D eigenvalue weighted by atomic mass is 32.1. The number of piperidine rings is 1. The van der Waals surface area contributed by atoms with Gasteiger partial charge in [-0.1, -0.05) is 18.1 Å². The van der Waals surface area contributed by atoms with Gasteiger partial charge in [0, 0.05) is 19.5 Å². The molecule has 0 aromatic carbocycles. The Balaban J connectivity index is 1.46. The van der Waals surface area contributed by atoms with Gasteiger partial charge in [-0.15, -0.1) is 11.3 Å². The van der Waals surface area contributed by atoms with Crippen molar-refractivity contribution in [1.29, 1.82) is 0 Å². The second kappa shape index (κ2) is 6.68. The van der Waals surface area contributed by atoms with Crippen LogP contribution < -0.4 is 0 Å². The van der Waals surface area contributed by atoms with Gasteiger partial charge in [-0.2, -0.15) is 4.98 Å². The van der Waals surface area contributed by atoms with Gasteiger partial charge >= 0.3 is 0 Å². The molecule has 0 amide bonds. The highest BCUT2D eigenvalue weighted by molar-refractivity contribution is 7.13. The minimum Gasteiger partial charge on any atom is -0.393 e. The van der Waals surface area contributed by atoms with E-state index in [1.54, 1.807) is 11.3 Å². The monoisotopic (exact) mass is 307 g/mol. The Morgan fingerprint density at radius 2 is 2.43 bits per heavy atom. The van der Waals surface area contributed by atoms with Crippen molar-refractivity contribution in [3.63, 3.8) is 0 Å². The maximum absolute atomic E-state index is 9.73. The third kappa shape index (κ3) is 3.70. The lowest BCUT2D eigenvalue weighted by Gasteiger charge is -2.34. The number of aromatic nitrogens is 2. The van der Waals surface area contributed by atoms with E-state index in [9.17, 15) is 5.11 Å². The van der Waals surface area contributed by atoms with Crippen molar-refractivity contribution in [2.75, 3.05) is 19.6 Å². The Bertz CT molecular complexity index is 555. The van der Waals surface area contributed by atoms with Gasteiger partial charge in [0.05, 0.1) is 11.0 Å². The van der Waals surface area contributed by atoms with Crippen LogP contribution in [0, 0.1) is 5.92 Å². The van der Waals surface area contributed by atoms with Crippen LogP contribution in [0.5, 0.6) is 0 Å². The third-order valence-corrected chi connectivity index (χ3v) is 4.88. The quantitative estimate of drug-likeness (QED) is 0.919. The molecule has 1 N–H and O–H groups in total. The van der Waals surface area contributed by atoms with Crippen LogP contribution in [0.15, 0.2) is 22.0 Å². The molecule has 1 saturated heterocycles. The number of thiophene rings is 1. The van der Waals surface area contributed by atoms with Gasteiger partial charge in [-0.05, 0) is 36.8 Å². The number of rotatable bonds is 5. The molecule has 1 aliphatic rings. The lowest BCUT2D eigenvalue weighted by atomic mass is 9.96.